The monoisotopic (exact) mass is 390 g/mol. The number of unbranched alkanes of at least 4 members (excludes halogenated alkanes) is 1. The molecule has 1 heterocycles. The van der Waals surface area contributed by atoms with Crippen LogP contribution >= 0.6 is 7.37 Å². The van der Waals surface area contributed by atoms with Crippen LogP contribution in [0.4, 0.5) is 8.78 Å². The first-order valence-corrected chi connectivity index (χ1v) is 10.4. The molecule has 1 aromatic carbocycles. The fourth-order valence-corrected chi connectivity index (χ4v) is 5.56. The molecule has 6 nitrogen and oxygen atoms in total. The summed E-state index contributed by atoms with van der Waals surface area (Å²) in [7, 11) is -3.87. The largest absolute Gasteiger partial charge is 0.480 e. The van der Waals surface area contributed by atoms with Crippen molar-refractivity contribution in [3.63, 3.8) is 0 Å². The Bertz CT molecular complexity index is 671. The Labute approximate surface area is 151 Å². The van der Waals surface area contributed by atoms with Crippen molar-refractivity contribution in [1.29, 1.82) is 0 Å². The second-order valence-corrected chi connectivity index (χ2v) is 9.47. The second-order valence-electron chi connectivity index (χ2n) is 6.76. The maximum atomic E-state index is 12.7. The van der Waals surface area contributed by atoms with E-state index >= 15 is 0 Å². The highest BCUT2D eigenvalue weighted by molar-refractivity contribution is 7.61. The molecule has 0 saturated carbocycles. The number of hydrogen-bond donors (Lipinski definition) is 3. The van der Waals surface area contributed by atoms with Gasteiger partial charge in [0.1, 0.15) is 0 Å². The summed E-state index contributed by atoms with van der Waals surface area (Å²) in [5, 5.41) is 8.03. The van der Waals surface area contributed by atoms with Crippen molar-refractivity contribution in [3.8, 4) is 0 Å². The lowest BCUT2D eigenvalue weighted by atomic mass is 9.99. The molecule has 1 saturated heterocycles. The molecule has 0 amide bonds. The first-order chi connectivity index (χ1) is 12.2. The zero-order valence-corrected chi connectivity index (χ0v) is 15.4. The number of nitrogens with two attached hydrogens (primary N) is 1. The van der Waals surface area contributed by atoms with Crippen LogP contribution in [0, 0.1) is 0 Å². The lowest BCUT2D eigenvalue weighted by Crippen LogP contribution is -2.53. The van der Waals surface area contributed by atoms with E-state index in [1.54, 1.807) is 17.0 Å². The highest BCUT2D eigenvalue weighted by Crippen LogP contribution is 2.59. The summed E-state index contributed by atoms with van der Waals surface area (Å²) >= 11 is 0. The minimum absolute atomic E-state index is 0.0444. The van der Waals surface area contributed by atoms with E-state index in [1.165, 1.54) is 12.1 Å². The van der Waals surface area contributed by atoms with Crippen molar-refractivity contribution in [1.82, 2.24) is 4.90 Å². The summed E-state index contributed by atoms with van der Waals surface area (Å²) in [5.74, 6) is -1.27. The van der Waals surface area contributed by atoms with Crippen LogP contribution in [0.2, 0.25) is 0 Å². The third kappa shape index (κ3) is 4.49. The van der Waals surface area contributed by atoms with E-state index in [1.807, 2.05) is 0 Å². The molecule has 0 bridgehead atoms. The Hall–Kier alpha value is -1.34. The fourth-order valence-electron chi connectivity index (χ4n) is 3.35. The summed E-state index contributed by atoms with van der Waals surface area (Å²) in [6, 6.07) is 5.83. The van der Waals surface area contributed by atoms with Gasteiger partial charge < -0.3 is 15.7 Å². The molecule has 1 aliphatic heterocycles. The van der Waals surface area contributed by atoms with Crippen molar-refractivity contribution < 1.29 is 28.1 Å². The maximum Gasteiger partial charge on any atom is 0.320 e. The summed E-state index contributed by atoms with van der Waals surface area (Å²) in [4.78, 5) is 24.1. The molecule has 1 aliphatic rings. The predicted molar refractivity (Wildman–Crippen MR) is 94.6 cm³/mol. The molecule has 1 fully saturated rings. The molecule has 2 unspecified atom stereocenters. The van der Waals surface area contributed by atoms with Crippen molar-refractivity contribution in [2.75, 3.05) is 25.8 Å². The van der Waals surface area contributed by atoms with Crippen LogP contribution in [-0.4, -0.2) is 51.8 Å². The molecule has 0 spiro atoms. The van der Waals surface area contributed by atoms with Gasteiger partial charge in [0.25, 0.3) is 6.43 Å². The Morgan fingerprint density at radius 2 is 1.96 bits per heavy atom. The second kappa shape index (κ2) is 8.57. The third-order valence-corrected chi connectivity index (χ3v) is 7.65. The Morgan fingerprint density at radius 3 is 2.50 bits per heavy atom. The molecule has 26 heavy (non-hydrogen) atoms. The van der Waals surface area contributed by atoms with Crippen LogP contribution in [0.5, 0.6) is 0 Å². The van der Waals surface area contributed by atoms with Crippen molar-refractivity contribution in [2.45, 2.75) is 37.4 Å². The number of nitrogens with zero attached hydrogens (tertiary/aromatic N) is 1. The van der Waals surface area contributed by atoms with Gasteiger partial charge in [-0.05, 0) is 24.9 Å². The van der Waals surface area contributed by atoms with Gasteiger partial charge in [-0.15, -0.1) is 0 Å². The standard InChI is InChI=1S/C17H25F2N2O4P/c18-15(19)14-5-3-13(4-6-14)11-21-9-10-26(24,25)17(12-21,16(22)23)7-1-2-8-20/h3-6,15H,1-2,7-12,20H2,(H,22,23)(H,24,25). The Balaban J connectivity index is 2.16. The number of carbonyl (C=O) groups is 1. The summed E-state index contributed by atoms with van der Waals surface area (Å²) in [5.41, 5.74) is 6.13. The van der Waals surface area contributed by atoms with Crippen molar-refractivity contribution >= 4 is 13.3 Å². The average molecular weight is 390 g/mol. The third-order valence-electron chi connectivity index (χ3n) is 4.95. The van der Waals surface area contributed by atoms with Gasteiger partial charge >= 0.3 is 5.97 Å². The lowest BCUT2D eigenvalue weighted by Gasteiger charge is -2.43. The van der Waals surface area contributed by atoms with Crippen LogP contribution in [0.15, 0.2) is 24.3 Å². The molecule has 146 valence electrons. The van der Waals surface area contributed by atoms with Gasteiger partial charge in [-0.25, -0.2) is 8.78 Å². The van der Waals surface area contributed by atoms with Gasteiger partial charge in [-0.1, -0.05) is 30.7 Å². The van der Waals surface area contributed by atoms with E-state index in [2.05, 4.69) is 0 Å². The van der Waals surface area contributed by atoms with Gasteiger partial charge in [-0.3, -0.25) is 14.3 Å². The van der Waals surface area contributed by atoms with E-state index in [-0.39, 0.29) is 31.2 Å². The van der Waals surface area contributed by atoms with Crippen molar-refractivity contribution in [2.24, 2.45) is 5.73 Å². The molecule has 9 heteroatoms. The van der Waals surface area contributed by atoms with Gasteiger partial charge in [0.2, 0.25) is 7.37 Å². The molecular formula is C17H25F2N2O4P. The highest BCUT2D eigenvalue weighted by atomic mass is 31.2. The molecule has 2 atom stereocenters. The number of carboxylic acid groups (broad SMARTS) is 1. The quantitative estimate of drug-likeness (QED) is 0.466. The zero-order valence-electron chi connectivity index (χ0n) is 14.5. The summed E-state index contributed by atoms with van der Waals surface area (Å²) in [6.07, 6.45) is -1.50. The molecule has 0 aliphatic carbocycles. The van der Waals surface area contributed by atoms with E-state index < -0.39 is 24.9 Å². The average Bonchev–Trinajstić information content (AvgIpc) is 2.58. The van der Waals surface area contributed by atoms with Crippen LogP contribution in [0.25, 0.3) is 0 Å². The molecule has 2 rings (SSSR count). The van der Waals surface area contributed by atoms with E-state index in [4.69, 9.17) is 5.73 Å². The minimum Gasteiger partial charge on any atom is -0.480 e. The summed E-state index contributed by atoms with van der Waals surface area (Å²) < 4.78 is 37.9. The summed E-state index contributed by atoms with van der Waals surface area (Å²) in [6.45, 7) is 0.981. The van der Waals surface area contributed by atoms with Crippen LogP contribution in [0.3, 0.4) is 0 Å². The topological polar surface area (TPSA) is 104 Å². The smallest absolute Gasteiger partial charge is 0.320 e. The Kier molecular flexibility index (Phi) is 6.91. The fraction of sp³-hybridized carbons (Fsp3) is 0.588. The molecule has 0 aromatic heterocycles. The number of carboxylic acids is 1. The van der Waals surface area contributed by atoms with E-state index in [9.17, 15) is 28.1 Å². The van der Waals surface area contributed by atoms with Crippen LogP contribution < -0.4 is 5.73 Å². The number of rotatable bonds is 8. The molecule has 0 radical (unpaired) electrons. The van der Waals surface area contributed by atoms with Crippen LogP contribution in [0.1, 0.15) is 36.8 Å². The Morgan fingerprint density at radius 1 is 1.31 bits per heavy atom. The molecular weight excluding hydrogens is 365 g/mol. The number of alkyl halides is 2. The van der Waals surface area contributed by atoms with Gasteiger partial charge in [0.05, 0.1) is 0 Å². The normalized spacial score (nSPS) is 27.0. The number of aliphatic carboxylic acids is 1. The van der Waals surface area contributed by atoms with E-state index in [0.29, 0.717) is 25.9 Å². The van der Waals surface area contributed by atoms with Crippen molar-refractivity contribution in [3.05, 3.63) is 35.4 Å². The number of halogens is 2. The first-order valence-electron chi connectivity index (χ1n) is 8.56. The zero-order chi connectivity index (χ0) is 19.4. The van der Waals surface area contributed by atoms with E-state index in [0.717, 1.165) is 5.56 Å². The van der Waals surface area contributed by atoms with Gasteiger partial charge in [0, 0.05) is 31.4 Å². The van der Waals surface area contributed by atoms with Crippen LogP contribution in [-0.2, 0) is 15.9 Å². The lowest BCUT2D eigenvalue weighted by molar-refractivity contribution is -0.141. The SMILES string of the molecule is NCCCCC1(C(=O)O)CN(Cc2ccc(C(F)F)cc2)CCP1(=O)O. The predicted octanol–water partition coefficient (Wildman–Crippen LogP) is 2.66. The maximum absolute atomic E-state index is 12.7. The number of benzene rings is 1. The number of hydrogen-bond acceptors (Lipinski definition) is 4. The van der Waals surface area contributed by atoms with Gasteiger partial charge in [0.15, 0.2) is 5.16 Å². The highest BCUT2D eigenvalue weighted by Gasteiger charge is 2.56. The van der Waals surface area contributed by atoms with Gasteiger partial charge in [-0.2, -0.15) is 0 Å². The minimum atomic E-state index is -3.87. The first kappa shape index (κ1) is 21.0. The molecule has 1 aromatic rings. The molecule has 4 N–H and O–H groups in total.